The zero-order chi connectivity index (χ0) is 8.39. The number of nitriles is 1. The lowest BCUT2D eigenvalue weighted by molar-refractivity contribution is 0.212. The normalized spacial score (nSPS) is 41.4. The second-order valence-electron chi connectivity index (χ2n) is 3.71. The summed E-state index contributed by atoms with van der Waals surface area (Å²) in [5, 5.41) is 15.8. The summed E-state index contributed by atoms with van der Waals surface area (Å²) in [6.45, 7) is 2.07. The van der Waals surface area contributed by atoms with Gasteiger partial charge in [0.1, 0.15) is 0 Å². The zero-order valence-corrected chi connectivity index (χ0v) is 7.21. The van der Waals surface area contributed by atoms with Crippen molar-refractivity contribution in [2.24, 2.45) is 5.92 Å². The van der Waals surface area contributed by atoms with E-state index in [0.717, 1.165) is 19.5 Å². The molecule has 1 saturated carbocycles. The molecule has 0 unspecified atom stereocenters. The number of nitrogens with one attached hydrogen (secondary N) is 2. The molecule has 2 aliphatic rings. The second kappa shape index (κ2) is 3.42. The van der Waals surface area contributed by atoms with E-state index in [1.165, 1.54) is 12.8 Å². The quantitative estimate of drug-likeness (QED) is 0.540. The molecule has 2 N–H and O–H groups in total. The summed E-state index contributed by atoms with van der Waals surface area (Å²) in [6.07, 6.45) is 3.51. The van der Waals surface area contributed by atoms with Crippen molar-refractivity contribution in [2.75, 3.05) is 13.1 Å². The van der Waals surface area contributed by atoms with Crippen LogP contribution in [0.3, 0.4) is 0 Å². The van der Waals surface area contributed by atoms with E-state index in [2.05, 4.69) is 16.7 Å². The first-order valence-electron chi connectivity index (χ1n) is 4.78. The predicted octanol–water partition coefficient (Wildman–Crippen LogP) is 0.240. The zero-order valence-electron chi connectivity index (χ0n) is 7.21. The second-order valence-corrected chi connectivity index (χ2v) is 3.71. The number of fused-ring (bicyclic) bond motifs is 1. The molecule has 12 heavy (non-hydrogen) atoms. The van der Waals surface area contributed by atoms with Gasteiger partial charge in [-0.05, 0) is 12.8 Å². The molecule has 1 heterocycles. The lowest BCUT2D eigenvalue weighted by Gasteiger charge is -2.39. The van der Waals surface area contributed by atoms with E-state index >= 15 is 0 Å². The minimum absolute atomic E-state index is 0.233. The summed E-state index contributed by atoms with van der Waals surface area (Å²) in [5.74, 6) is 0.233. The molecular weight excluding hydrogens is 150 g/mol. The summed E-state index contributed by atoms with van der Waals surface area (Å²) in [5.41, 5.74) is 0. The van der Waals surface area contributed by atoms with Crippen LogP contribution in [0.5, 0.6) is 0 Å². The molecule has 0 amide bonds. The lowest BCUT2D eigenvalue weighted by Crippen LogP contribution is -2.60. The Bertz CT molecular complexity index is 194. The molecule has 0 aromatic rings. The minimum Gasteiger partial charge on any atom is -0.311 e. The van der Waals surface area contributed by atoms with Crippen LogP contribution in [-0.4, -0.2) is 25.2 Å². The van der Waals surface area contributed by atoms with Gasteiger partial charge in [0, 0.05) is 25.2 Å². The van der Waals surface area contributed by atoms with E-state index in [1.54, 1.807) is 0 Å². The highest BCUT2D eigenvalue weighted by Crippen LogP contribution is 2.25. The molecule has 0 aromatic carbocycles. The molecule has 1 saturated heterocycles. The molecule has 0 bridgehead atoms. The Hall–Kier alpha value is -0.590. The summed E-state index contributed by atoms with van der Waals surface area (Å²) in [4.78, 5) is 0. The molecule has 3 nitrogen and oxygen atoms in total. The molecule has 0 spiro atoms. The Balaban J connectivity index is 2.05. The van der Waals surface area contributed by atoms with E-state index < -0.39 is 0 Å². The minimum atomic E-state index is 0.233. The lowest BCUT2D eigenvalue weighted by atomic mass is 9.81. The SMILES string of the molecule is N#C[C@@H]1CCC[C@@H]2NCCN[C@H]12. The maximum atomic E-state index is 8.91. The molecule has 3 heteroatoms. The third-order valence-electron chi connectivity index (χ3n) is 2.97. The van der Waals surface area contributed by atoms with Gasteiger partial charge in [-0.3, -0.25) is 0 Å². The van der Waals surface area contributed by atoms with Crippen LogP contribution in [0, 0.1) is 17.2 Å². The first kappa shape index (κ1) is 8.03. The van der Waals surface area contributed by atoms with E-state index in [9.17, 15) is 0 Å². The van der Waals surface area contributed by atoms with Gasteiger partial charge in [0.2, 0.25) is 0 Å². The van der Waals surface area contributed by atoms with Crippen LogP contribution in [0.1, 0.15) is 19.3 Å². The van der Waals surface area contributed by atoms with Gasteiger partial charge >= 0.3 is 0 Å². The monoisotopic (exact) mass is 165 g/mol. The molecule has 66 valence electrons. The topological polar surface area (TPSA) is 47.9 Å². The van der Waals surface area contributed by atoms with Gasteiger partial charge in [-0.1, -0.05) is 6.42 Å². The number of rotatable bonds is 0. The Morgan fingerprint density at radius 1 is 1.17 bits per heavy atom. The number of hydrogen-bond donors (Lipinski definition) is 2. The Labute approximate surface area is 73.1 Å². The molecule has 2 rings (SSSR count). The molecule has 1 aliphatic heterocycles. The van der Waals surface area contributed by atoms with Gasteiger partial charge in [-0.2, -0.15) is 5.26 Å². The van der Waals surface area contributed by atoms with Gasteiger partial charge in [0.15, 0.2) is 0 Å². The van der Waals surface area contributed by atoms with Gasteiger partial charge in [0.25, 0.3) is 0 Å². The number of nitrogens with zero attached hydrogens (tertiary/aromatic N) is 1. The van der Waals surface area contributed by atoms with Crippen molar-refractivity contribution in [3.05, 3.63) is 0 Å². The first-order chi connectivity index (χ1) is 5.92. The summed E-state index contributed by atoms with van der Waals surface area (Å²) in [6, 6.07) is 3.37. The predicted molar refractivity (Wildman–Crippen MR) is 46.5 cm³/mol. The fourth-order valence-corrected chi connectivity index (χ4v) is 2.35. The maximum absolute atomic E-state index is 8.91. The highest BCUT2D eigenvalue weighted by Gasteiger charge is 2.34. The van der Waals surface area contributed by atoms with Crippen molar-refractivity contribution >= 4 is 0 Å². The standard InChI is InChI=1S/C9H15N3/c10-6-7-2-1-3-8-9(7)12-5-4-11-8/h7-9,11-12H,1-5H2/t7-,8-,9+/m0/s1. The van der Waals surface area contributed by atoms with Crippen molar-refractivity contribution in [2.45, 2.75) is 31.3 Å². The Kier molecular flexibility index (Phi) is 2.29. The molecular formula is C9H15N3. The van der Waals surface area contributed by atoms with Crippen molar-refractivity contribution in [1.29, 1.82) is 5.26 Å². The van der Waals surface area contributed by atoms with Gasteiger partial charge in [-0.25, -0.2) is 0 Å². The molecule has 1 aliphatic carbocycles. The van der Waals surface area contributed by atoms with Crippen LogP contribution in [-0.2, 0) is 0 Å². The largest absolute Gasteiger partial charge is 0.311 e. The van der Waals surface area contributed by atoms with Crippen LogP contribution in [0.15, 0.2) is 0 Å². The number of piperazine rings is 1. The van der Waals surface area contributed by atoms with Crippen LogP contribution >= 0.6 is 0 Å². The molecule has 2 fully saturated rings. The molecule has 0 aromatic heterocycles. The van der Waals surface area contributed by atoms with Crippen molar-refractivity contribution in [3.8, 4) is 6.07 Å². The fraction of sp³-hybridized carbons (Fsp3) is 0.889. The highest BCUT2D eigenvalue weighted by molar-refractivity contribution is 5.02. The third-order valence-corrected chi connectivity index (χ3v) is 2.97. The average molecular weight is 165 g/mol. The third kappa shape index (κ3) is 1.33. The van der Waals surface area contributed by atoms with Crippen LogP contribution in [0.2, 0.25) is 0 Å². The highest BCUT2D eigenvalue weighted by atomic mass is 15.1. The summed E-state index contributed by atoms with van der Waals surface area (Å²) >= 11 is 0. The maximum Gasteiger partial charge on any atom is 0.0672 e. The molecule has 0 radical (unpaired) electrons. The Morgan fingerprint density at radius 2 is 2.00 bits per heavy atom. The van der Waals surface area contributed by atoms with Gasteiger partial charge in [0.05, 0.1) is 12.0 Å². The number of hydrogen-bond acceptors (Lipinski definition) is 3. The average Bonchev–Trinajstić information content (AvgIpc) is 2.17. The summed E-state index contributed by atoms with van der Waals surface area (Å²) in [7, 11) is 0. The Morgan fingerprint density at radius 3 is 2.83 bits per heavy atom. The fourth-order valence-electron chi connectivity index (χ4n) is 2.35. The summed E-state index contributed by atoms with van der Waals surface area (Å²) < 4.78 is 0. The van der Waals surface area contributed by atoms with E-state index in [4.69, 9.17) is 5.26 Å². The van der Waals surface area contributed by atoms with Crippen LogP contribution in [0.25, 0.3) is 0 Å². The van der Waals surface area contributed by atoms with E-state index in [0.29, 0.717) is 12.1 Å². The van der Waals surface area contributed by atoms with Crippen molar-refractivity contribution in [1.82, 2.24) is 10.6 Å². The van der Waals surface area contributed by atoms with Crippen LogP contribution < -0.4 is 10.6 Å². The van der Waals surface area contributed by atoms with Crippen molar-refractivity contribution < 1.29 is 0 Å². The first-order valence-corrected chi connectivity index (χ1v) is 4.78. The van der Waals surface area contributed by atoms with E-state index in [-0.39, 0.29) is 5.92 Å². The molecule has 3 atom stereocenters. The van der Waals surface area contributed by atoms with Gasteiger partial charge in [-0.15, -0.1) is 0 Å². The van der Waals surface area contributed by atoms with Crippen molar-refractivity contribution in [3.63, 3.8) is 0 Å². The van der Waals surface area contributed by atoms with E-state index in [1.807, 2.05) is 0 Å². The van der Waals surface area contributed by atoms with Crippen LogP contribution in [0.4, 0.5) is 0 Å². The van der Waals surface area contributed by atoms with Gasteiger partial charge < -0.3 is 10.6 Å². The smallest absolute Gasteiger partial charge is 0.0672 e.